The van der Waals surface area contributed by atoms with E-state index in [0.717, 1.165) is 17.1 Å². The fraction of sp³-hybridized carbons (Fsp3) is 0.692. The zero-order valence-electron chi connectivity index (χ0n) is 11.4. The number of anilines is 1. The van der Waals surface area contributed by atoms with Crippen LogP contribution in [0.1, 0.15) is 43.9 Å². The van der Waals surface area contributed by atoms with Gasteiger partial charge >= 0.3 is 0 Å². The Morgan fingerprint density at radius 3 is 2.72 bits per heavy atom. The minimum absolute atomic E-state index is 0.423. The zero-order chi connectivity index (χ0) is 13.3. The average molecular weight is 266 g/mol. The van der Waals surface area contributed by atoms with Gasteiger partial charge in [-0.05, 0) is 25.7 Å². The lowest BCUT2D eigenvalue weighted by molar-refractivity contribution is 0.348. The first-order chi connectivity index (χ1) is 8.50. The molecule has 0 aromatic carbocycles. The maximum atomic E-state index is 5.81. The summed E-state index contributed by atoms with van der Waals surface area (Å²) in [6.45, 7) is 4.25. The van der Waals surface area contributed by atoms with Gasteiger partial charge in [0.25, 0.3) is 0 Å². The zero-order valence-corrected chi connectivity index (χ0v) is 12.2. The molecule has 2 unspecified atom stereocenters. The van der Waals surface area contributed by atoms with Crippen LogP contribution in [0, 0.1) is 12.8 Å². The van der Waals surface area contributed by atoms with E-state index in [4.69, 9.17) is 18.0 Å². The number of hydrogen-bond acceptors (Lipinski definition) is 3. The molecule has 100 valence electrons. The lowest BCUT2D eigenvalue weighted by Gasteiger charge is -2.30. The Balaban J connectivity index is 2.25. The maximum Gasteiger partial charge on any atom is 0.134 e. The molecule has 1 heterocycles. The van der Waals surface area contributed by atoms with E-state index in [0.29, 0.717) is 16.9 Å². The van der Waals surface area contributed by atoms with E-state index in [1.165, 1.54) is 25.7 Å². The van der Waals surface area contributed by atoms with Gasteiger partial charge < -0.3 is 11.1 Å². The number of aryl methyl sites for hydroxylation is 2. The van der Waals surface area contributed by atoms with E-state index >= 15 is 0 Å². The second kappa shape index (κ2) is 5.26. The highest BCUT2D eigenvalue weighted by atomic mass is 32.1. The molecule has 1 aliphatic rings. The highest BCUT2D eigenvalue weighted by Gasteiger charge is 2.24. The third-order valence-electron chi connectivity index (χ3n) is 3.90. The first-order valence-corrected chi connectivity index (χ1v) is 7.01. The molecule has 1 aromatic rings. The van der Waals surface area contributed by atoms with Crippen LogP contribution in [0.5, 0.6) is 0 Å². The first-order valence-electron chi connectivity index (χ1n) is 6.60. The Hall–Kier alpha value is -1.10. The summed E-state index contributed by atoms with van der Waals surface area (Å²) in [5.41, 5.74) is 7.60. The molecule has 0 spiro atoms. The molecule has 2 atom stereocenters. The van der Waals surface area contributed by atoms with Crippen molar-refractivity contribution < 1.29 is 0 Å². The van der Waals surface area contributed by atoms with Crippen LogP contribution < -0.4 is 11.1 Å². The predicted octanol–water partition coefficient (Wildman–Crippen LogP) is 2.35. The first kappa shape index (κ1) is 13.3. The van der Waals surface area contributed by atoms with Crippen molar-refractivity contribution in [1.82, 2.24) is 9.78 Å². The molecule has 1 fully saturated rings. The van der Waals surface area contributed by atoms with Gasteiger partial charge in [0.15, 0.2) is 0 Å². The normalized spacial score (nSPS) is 23.9. The number of nitrogens with two attached hydrogens (primary N) is 1. The van der Waals surface area contributed by atoms with Gasteiger partial charge in [-0.15, -0.1) is 0 Å². The standard InChI is InChI=1S/C13H22N4S/c1-8-6-4-5-7-10(8)15-13-11(12(14)18)9(2)16-17(13)3/h8,10,15H,4-7H2,1-3H3,(H2,14,18). The van der Waals surface area contributed by atoms with Gasteiger partial charge in [0.1, 0.15) is 10.8 Å². The summed E-state index contributed by atoms with van der Waals surface area (Å²) in [6.07, 6.45) is 5.13. The lowest BCUT2D eigenvalue weighted by Crippen LogP contribution is -2.32. The van der Waals surface area contributed by atoms with Crippen molar-refractivity contribution in [3.63, 3.8) is 0 Å². The van der Waals surface area contributed by atoms with Crippen LogP contribution in [0.15, 0.2) is 0 Å². The molecule has 0 saturated heterocycles. The van der Waals surface area contributed by atoms with Gasteiger partial charge in [-0.1, -0.05) is 32.0 Å². The quantitative estimate of drug-likeness (QED) is 0.825. The van der Waals surface area contributed by atoms with E-state index in [2.05, 4.69) is 17.3 Å². The van der Waals surface area contributed by atoms with Gasteiger partial charge in [0.05, 0.1) is 11.3 Å². The van der Waals surface area contributed by atoms with Gasteiger partial charge in [-0.3, -0.25) is 4.68 Å². The van der Waals surface area contributed by atoms with Gasteiger partial charge in [-0.25, -0.2) is 0 Å². The Morgan fingerprint density at radius 2 is 2.11 bits per heavy atom. The minimum atomic E-state index is 0.423. The molecule has 3 N–H and O–H groups in total. The van der Waals surface area contributed by atoms with Crippen molar-refractivity contribution in [3.8, 4) is 0 Å². The molecule has 1 aliphatic carbocycles. The van der Waals surface area contributed by atoms with Crippen molar-refractivity contribution >= 4 is 23.0 Å². The van der Waals surface area contributed by atoms with Gasteiger partial charge in [0.2, 0.25) is 0 Å². The third kappa shape index (κ3) is 2.51. The van der Waals surface area contributed by atoms with E-state index in [-0.39, 0.29) is 0 Å². The maximum absolute atomic E-state index is 5.81. The fourth-order valence-electron chi connectivity index (χ4n) is 2.83. The third-order valence-corrected chi connectivity index (χ3v) is 4.11. The fourth-order valence-corrected chi connectivity index (χ4v) is 3.07. The number of hydrogen-bond donors (Lipinski definition) is 2. The van der Waals surface area contributed by atoms with E-state index < -0.39 is 0 Å². The second-order valence-corrected chi connectivity index (χ2v) is 5.75. The number of aromatic nitrogens is 2. The summed E-state index contributed by atoms with van der Waals surface area (Å²) >= 11 is 5.13. The topological polar surface area (TPSA) is 55.9 Å². The molecule has 0 bridgehead atoms. The van der Waals surface area contributed by atoms with Crippen LogP contribution >= 0.6 is 12.2 Å². The summed E-state index contributed by atoms with van der Waals surface area (Å²) in [4.78, 5) is 0.423. The van der Waals surface area contributed by atoms with E-state index in [1.54, 1.807) is 0 Å². The van der Waals surface area contributed by atoms with Crippen molar-refractivity contribution in [2.45, 2.75) is 45.6 Å². The van der Waals surface area contributed by atoms with Crippen molar-refractivity contribution in [3.05, 3.63) is 11.3 Å². The molecule has 0 amide bonds. The molecular formula is C13H22N4S. The number of rotatable bonds is 3. The van der Waals surface area contributed by atoms with Crippen LogP contribution in [-0.2, 0) is 7.05 Å². The number of nitrogens with one attached hydrogen (secondary N) is 1. The van der Waals surface area contributed by atoms with Crippen LogP contribution in [0.4, 0.5) is 5.82 Å². The van der Waals surface area contributed by atoms with Gasteiger partial charge in [0, 0.05) is 13.1 Å². The molecule has 0 radical (unpaired) electrons. The number of nitrogens with zero attached hydrogens (tertiary/aromatic N) is 2. The predicted molar refractivity (Wildman–Crippen MR) is 78.9 cm³/mol. The Morgan fingerprint density at radius 1 is 1.44 bits per heavy atom. The van der Waals surface area contributed by atoms with E-state index in [1.807, 2.05) is 18.7 Å². The molecule has 1 aromatic heterocycles. The smallest absolute Gasteiger partial charge is 0.134 e. The number of thiocarbonyl (C=S) groups is 1. The highest BCUT2D eigenvalue weighted by molar-refractivity contribution is 7.80. The second-order valence-electron chi connectivity index (χ2n) is 5.31. The molecule has 18 heavy (non-hydrogen) atoms. The van der Waals surface area contributed by atoms with Crippen LogP contribution in [0.3, 0.4) is 0 Å². The van der Waals surface area contributed by atoms with Crippen LogP contribution in [-0.4, -0.2) is 20.8 Å². The molecular weight excluding hydrogens is 244 g/mol. The van der Waals surface area contributed by atoms with Crippen molar-refractivity contribution in [1.29, 1.82) is 0 Å². The molecule has 5 heteroatoms. The molecule has 0 aliphatic heterocycles. The lowest BCUT2D eigenvalue weighted by atomic mass is 9.86. The summed E-state index contributed by atoms with van der Waals surface area (Å²) in [5, 5.41) is 8.01. The SMILES string of the molecule is Cc1nn(C)c(NC2CCCCC2C)c1C(N)=S. The summed E-state index contributed by atoms with van der Waals surface area (Å²) in [5.74, 6) is 1.66. The molecule has 4 nitrogen and oxygen atoms in total. The van der Waals surface area contributed by atoms with E-state index in [9.17, 15) is 0 Å². The van der Waals surface area contributed by atoms with Crippen molar-refractivity contribution in [2.75, 3.05) is 5.32 Å². The van der Waals surface area contributed by atoms with Crippen LogP contribution in [0.25, 0.3) is 0 Å². The summed E-state index contributed by atoms with van der Waals surface area (Å²) in [7, 11) is 1.94. The Kier molecular flexibility index (Phi) is 3.90. The summed E-state index contributed by atoms with van der Waals surface area (Å²) < 4.78 is 1.85. The molecule has 1 saturated carbocycles. The van der Waals surface area contributed by atoms with Crippen LogP contribution in [0.2, 0.25) is 0 Å². The average Bonchev–Trinajstić information content (AvgIpc) is 2.57. The Labute approximate surface area is 114 Å². The highest BCUT2D eigenvalue weighted by Crippen LogP contribution is 2.28. The monoisotopic (exact) mass is 266 g/mol. The van der Waals surface area contributed by atoms with Gasteiger partial charge in [-0.2, -0.15) is 5.10 Å². The summed E-state index contributed by atoms with van der Waals surface area (Å²) in [6, 6.07) is 0.502. The Bertz CT molecular complexity index is 452. The molecule has 2 rings (SSSR count). The minimum Gasteiger partial charge on any atom is -0.389 e. The largest absolute Gasteiger partial charge is 0.389 e. The van der Waals surface area contributed by atoms with Crippen molar-refractivity contribution in [2.24, 2.45) is 18.7 Å².